The molecular formula is C16H18O8. The maximum Gasteiger partial charge on any atom is 0.329 e. The molecule has 24 heavy (non-hydrogen) atoms. The zero-order valence-corrected chi connectivity index (χ0v) is 12.8. The van der Waals surface area contributed by atoms with Crippen molar-refractivity contribution in [1.82, 2.24) is 0 Å². The Hall–Kier alpha value is -2.90. The number of aliphatic carboxylic acids is 4. The average Bonchev–Trinajstić information content (AvgIpc) is 2.49. The fourth-order valence-corrected chi connectivity index (χ4v) is 3.12. The summed E-state index contributed by atoms with van der Waals surface area (Å²) in [5.74, 6) is -8.40. The molecule has 1 rings (SSSR count). The van der Waals surface area contributed by atoms with E-state index < -0.39 is 40.6 Å². The van der Waals surface area contributed by atoms with Crippen LogP contribution in [0.25, 0.3) is 0 Å². The van der Waals surface area contributed by atoms with Crippen molar-refractivity contribution in [2.24, 2.45) is 16.7 Å². The predicted octanol–water partition coefficient (Wildman–Crippen LogP) is 1.40. The predicted molar refractivity (Wildman–Crippen MR) is 81.2 cm³/mol. The fraction of sp³-hybridized carbons (Fsp3) is 0.375. The Morgan fingerprint density at radius 3 is 1.79 bits per heavy atom. The zero-order chi connectivity index (χ0) is 18.7. The highest BCUT2D eigenvalue weighted by atomic mass is 16.4. The van der Waals surface area contributed by atoms with E-state index in [1.165, 1.54) is 6.08 Å². The molecule has 0 aliphatic heterocycles. The summed E-state index contributed by atoms with van der Waals surface area (Å²) in [5.41, 5.74) is -5.45. The van der Waals surface area contributed by atoms with Gasteiger partial charge in [0.2, 0.25) is 5.41 Å². The highest BCUT2D eigenvalue weighted by molar-refractivity contribution is 6.06. The van der Waals surface area contributed by atoms with Crippen molar-refractivity contribution in [2.45, 2.75) is 19.3 Å². The Bertz CT molecular complexity index is 614. The molecule has 130 valence electrons. The molecule has 1 unspecified atom stereocenters. The Morgan fingerprint density at radius 2 is 1.46 bits per heavy atom. The third-order valence-electron chi connectivity index (χ3n) is 4.45. The van der Waals surface area contributed by atoms with Crippen LogP contribution in [0.1, 0.15) is 19.3 Å². The third-order valence-corrected chi connectivity index (χ3v) is 4.45. The van der Waals surface area contributed by atoms with Gasteiger partial charge in [-0.1, -0.05) is 18.2 Å². The van der Waals surface area contributed by atoms with Gasteiger partial charge in [-0.05, 0) is 24.8 Å². The summed E-state index contributed by atoms with van der Waals surface area (Å²) in [6, 6.07) is 0. The van der Waals surface area contributed by atoms with Crippen LogP contribution in [0.5, 0.6) is 0 Å². The van der Waals surface area contributed by atoms with Gasteiger partial charge in [0.25, 0.3) is 0 Å². The number of allylic oxidation sites excluding steroid dienone is 1. The molecule has 0 aromatic heterocycles. The van der Waals surface area contributed by atoms with E-state index in [0.717, 1.165) is 0 Å². The summed E-state index contributed by atoms with van der Waals surface area (Å²) in [5, 5.41) is 37.9. The molecule has 4 N–H and O–H groups in total. The molecule has 0 fully saturated rings. The van der Waals surface area contributed by atoms with Gasteiger partial charge in [-0.2, -0.15) is 0 Å². The highest BCUT2D eigenvalue weighted by Gasteiger charge is 2.59. The first-order chi connectivity index (χ1) is 11.1. The van der Waals surface area contributed by atoms with E-state index in [1.54, 1.807) is 0 Å². The number of hydrogen-bond acceptors (Lipinski definition) is 4. The lowest BCUT2D eigenvalue weighted by atomic mass is 9.60. The van der Waals surface area contributed by atoms with E-state index in [9.17, 15) is 39.6 Å². The summed E-state index contributed by atoms with van der Waals surface area (Å²) < 4.78 is 0. The molecule has 1 atom stereocenters. The minimum atomic E-state index is -2.61. The number of carbonyl (C=O) groups is 4. The number of carboxylic acid groups (broad SMARTS) is 4. The number of hydrogen-bond donors (Lipinski definition) is 4. The Labute approximate surface area is 137 Å². The second kappa shape index (κ2) is 6.69. The first-order valence-corrected chi connectivity index (χ1v) is 7.04. The molecule has 0 aromatic rings. The molecule has 1 aliphatic carbocycles. The van der Waals surface area contributed by atoms with Crippen molar-refractivity contribution >= 4 is 23.9 Å². The molecule has 0 saturated carbocycles. The second-order valence-corrected chi connectivity index (χ2v) is 5.45. The summed E-state index contributed by atoms with van der Waals surface area (Å²) >= 11 is 0. The van der Waals surface area contributed by atoms with Gasteiger partial charge >= 0.3 is 23.9 Å². The Kier molecular flexibility index (Phi) is 5.34. The fourth-order valence-electron chi connectivity index (χ4n) is 3.12. The lowest BCUT2D eigenvalue weighted by Gasteiger charge is -2.39. The molecule has 0 aromatic carbocycles. The molecule has 0 bridgehead atoms. The van der Waals surface area contributed by atoms with Crippen LogP contribution in [0.4, 0.5) is 0 Å². The maximum atomic E-state index is 11.7. The van der Waals surface area contributed by atoms with Gasteiger partial charge in [-0.15, -0.1) is 13.2 Å². The zero-order valence-electron chi connectivity index (χ0n) is 12.8. The monoisotopic (exact) mass is 338 g/mol. The van der Waals surface area contributed by atoms with E-state index in [2.05, 4.69) is 13.2 Å². The molecule has 0 amide bonds. The van der Waals surface area contributed by atoms with Crippen LogP contribution in [0.2, 0.25) is 0 Å². The van der Waals surface area contributed by atoms with Gasteiger partial charge in [0, 0.05) is 5.92 Å². The van der Waals surface area contributed by atoms with E-state index in [4.69, 9.17) is 0 Å². The Morgan fingerprint density at radius 1 is 0.958 bits per heavy atom. The molecule has 8 heteroatoms. The van der Waals surface area contributed by atoms with Crippen molar-refractivity contribution in [3.63, 3.8) is 0 Å². The normalized spacial score (nSPS) is 18.2. The third kappa shape index (κ3) is 2.49. The maximum absolute atomic E-state index is 11.7. The first-order valence-electron chi connectivity index (χ1n) is 7.04. The lowest BCUT2D eigenvalue weighted by molar-refractivity contribution is -0.167. The van der Waals surface area contributed by atoms with Gasteiger partial charge in [-0.3, -0.25) is 19.2 Å². The van der Waals surface area contributed by atoms with Gasteiger partial charge in [0.05, 0.1) is 0 Å². The van der Waals surface area contributed by atoms with Gasteiger partial charge in [0.15, 0.2) is 5.41 Å². The summed E-state index contributed by atoms with van der Waals surface area (Å²) in [6.45, 7) is 6.53. The van der Waals surface area contributed by atoms with E-state index in [0.29, 0.717) is 25.0 Å². The standard InChI is InChI=1S/C16H18O8/c1-3-15(11(17)18,12(19)20)9-7-5-6-8-10(9)16(4-2,13(21)22)14(23)24/h3-4,7,10H,1-2,5-6,8H2,(H,17,18)(H,19,20)(H,21,22)(H,23,24). The lowest BCUT2D eigenvalue weighted by Crippen LogP contribution is -2.51. The molecule has 0 heterocycles. The molecular weight excluding hydrogens is 320 g/mol. The van der Waals surface area contributed by atoms with Crippen molar-refractivity contribution < 1.29 is 39.6 Å². The smallest absolute Gasteiger partial charge is 0.329 e. The number of rotatable bonds is 8. The van der Waals surface area contributed by atoms with Crippen molar-refractivity contribution in [1.29, 1.82) is 0 Å². The van der Waals surface area contributed by atoms with E-state index in [1.807, 2.05) is 0 Å². The largest absolute Gasteiger partial charge is 0.480 e. The van der Waals surface area contributed by atoms with Crippen molar-refractivity contribution in [2.75, 3.05) is 0 Å². The summed E-state index contributed by atoms with van der Waals surface area (Å²) in [6.07, 6.45) is 3.35. The van der Waals surface area contributed by atoms with Crippen LogP contribution in [-0.2, 0) is 19.2 Å². The van der Waals surface area contributed by atoms with Crippen LogP contribution in [-0.4, -0.2) is 44.3 Å². The molecule has 0 radical (unpaired) electrons. The molecule has 0 spiro atoms. The SMILES string of the molecule is C=CC(C(=O)O)(C(=O)O)C1=CCCCC1C(C=C)(C(=O)O)C(=O)O. The van der Waals surface area contributed by atoms with Crippen molar-refractivity contribution in [3.8, 4) is 0 Å². The Balaban J connectivity index is 3.75. The molecule has 0 saturated heterocycles. The highest BCUT2D eigenvalue weighted by Crippen LogP contribution is 2.49. The van der Waals surface area contributed by atoms with Crippen LogP contribution in [0.15, 0.2) is 37.0 Å². The van der Waals surface area contributed by atoms with Crippen LogP contribution in [0.3, 0.4) is 0 Å². The summed E-state index contributed by atoms with van der Waals surface area (Å²) in [7, 11) is 0. The topological polar surface area (TPSA) is 149 Å². The van der Waals surface area contributed by atoms with Crippen LogP contribution < -0.4 is 0 Å². The van der Waals surface area contributed by atoms with Crippen LogP contribution in [0, 0.1) is 16.7 Å². The summed E-state index contributed by atoms with van der Waals surface area (Å²) in [4.78, 5) is 46.7. The minimum absolute atomic E-state index is 0.00734. The second-order valence-electron chi connectivity index (χ2n) is 5.45. The van der Waals surface area contributed by atoms with Gasteiger partial charge < -0.3 is 20.4 Å². The quantitative estimate of drug-likeness (QED) is 0.383. The molecule has 1 aliphatic rings. The molecule has 8 nitrogen and oxygen atoms in total. The van der Waals surface area contributed by atoms with Gasteiger partial charge in [0.1, 0.15) is 0 Å². The average molecular weight is 338 g/mol. The van der Waals surface area contributed by atoms with E-state index >= 15 is 0 Å². The minimum Gasteiger partial charge on any atom is -0.480 e. The van der Waals surface area contributed by atoms with Gasteiger partial charge in [-0.25, -0.2) is 0 Å². The number of carboxylic acids is 4. The van der Waals surface area contributed by atoms with Crippen molar-refractivity contribution in [3.05, 3.63) is 37.0 Å². The van der Waals surface area contributed by atoms with Crippen LogP contribution >= 0.6 is 0 Å². The first kappa shape index (κ1) is 19.1. The van der Waals surface area contributed by atoms with E-state index in [-0.39, 0.29) is 12.0 Å².